The highest BCUT2D eigenvalue weighted by Crippen LogP contribution is 2.29. The van der Waals surface area contributed by atoms with Crippen molar-refractivity contribution in [3.8, 4) is 0 Å². The number of nitrogens with one attached hydrogen (secondary N) is 1. The van der Waals surface area contributed by atoms with Gasteiger partial charge >= 0.3 is 5.97 Å². The molecular weight excluding hydrogens is 466 g/mol. The number of sulfonamides is 1. The van der Waals surface area contributed by atoms with Crippen LogP contribution < -0.4 is 10.5 Å². The van der Waals surface area contributed by atoms with Gasteiger partial charge in [0.25, 0.3) is 21.6 Å². The molecule has 1 unspecified atom stereocenters. The number of hydrogen-bond acceptors (Lipinski definition) is 8. The molecule has 0 aliphatic carbocycles. The van der Waals surface area contributed by atoms with Crippen LogP contribution in [-0.4, -0.2) is 25.2 Å². The molecule has 1 amide bonds. The van der Waals surface area contributed by atoms with E-state index in [-0.39, 0.29) is 22.0 Å². The molecule has 3 rings (SSSR count). The van der Waals surface area contributed by atoms with Crippen LogP contribution in [0.15, 0.2) is 70.2 Å². The van der Waals surface area contributed by atoms with E-state index in [2.05, 4.69) is 5.32 Å². The molecule has 0 saturated carbocycles. The van der Waals surface area contributed by atoms with Gasteiger partial charge in [0.2, 0.25) is 17.0 Å². The number of halogens is 1. The Morgan fingerprint density at radius 2 is 1.81 bits per heavy atom. The topological polar surface area (TPSA) is 172 Å². The number of nitro benzene ring substituents is 1. The minimum Gasteiger partial charge on any atom is -0.441 e. The number of nitro groups is 1. The number of nitrogens with zero attached hydrogens (tertiary/aromatic N) is 1. The van der Waals surface area contributed by atoms with E-state index >= 15 is 0 Å². The first kappa shape index (κ1) is 22.9. The molecule has 2 aromatic carbocycles. The summed E-state index contributed by atoms with van der Waals surface area (Å²) in [7, 11) is -4.18. The number of carbonyl (C=O) groups excluding carboxylic acids is 2. The summed E-state index contributed by atoms with van der Waals surface area (Å²) in [5, 5.41) is 17.5. The predicted octanol–water partition coefficient (Wildman–Crippen LogP) is 3.03. The lowest BCUT2D eigenvalue weighted by Crippen LogP contribution is -2.26. The molecule has 0 spiro atoms. The molecule has 32 heavy (non-hydrogen) atoms. The number of ether oxygens (including phenoxy) is 1. The van der Waals surface area contributed by atoms with Crippen LogP contribution in [0.5, 0.6) is 0 Å². The number of anilines is 1. The Balaban J connectivity index is 1.86. The maximum Gasteiger partial charge on any atom is 0.375 e. The Labute approximate surface area is 185 Å². The zero-order valence-corrected chi connectivity index (χ0v) is 17.5. The number of carbonyl (C=O) groups is 2. The highest BCUT2D eigenvalue weighted by Gasteiger charge is 2.28. The van der Waals surface area contributed by atoms with Crippen molar-refractivity contribution in [3.05, 3.63) is 87.1 Å². The smallest absolute Gasteiger partial charge is 0.375 e. The number of rotatable bonds is 7. The van der Waals surface area contributed by atoms with E-state index in [4.69, 9.17) is 25.9 Å². The second-order valence-electron chi connectivity index (χ2n) is 6.27. The molecule has 1 heterocycles. The van der Waals surface area contributed by atoms with E-state index in [1.165, 1.54) is 18.2 Å². The van der Waals surface area contributed by atoms with Gasteiger partial charge in [-0.2, -0.15) is 0 Å². The summed E-state index contributed by atoms with van der Waals surface area (Å²) in [4.78, 5) is 35.6. The van der Waals surface area contributed by atoms with E-state index in [0.717, 1.165) is 24.3 Å². The number of primary sulfonamides is 1. The van der Waals surface area contributed by atoms with Crippen LogP contribution in [0, 0.1) is 10.1 Å². The molecular formula is C19H14ClN3O8S. The SMILES string of the molecule is NS(=O)(=O)c1ccc(C(=O)OC(C(=O)Nc2ccc([N+](=O)[O-])cc2Cl)c2ccccc2)o1. The number of hydrogen-bond donors (Lipinski definition) is 2. The van der Waals surface area contributed by atoms with E-state index in [1.807, 2.05) is 0 Å². The van der Waals surface area contributed by atoms with Crippen molar-refractivity contribution < 1.29 is 32.1 Å². The maximum atomic E-state index is 12.9. The summed E-state index contributed by atoms with van der Waals surface area (Å²) < 4.78 is 32.8. The Morgan fingerprint density at radius 3 is 2.38 bits per heavy atom. The highest BCUT2D eigenvalue weighted by atomic mass is 35.5. The second kappa shape index (κ2) is 9.18. The van der Waals surface area contributed by atoms with E-state index < -0.39 is 43.8 Å². The Hall–Kier alpha value is -3.74. The lowest BCUT2D eigenvalue weighted by atomic mass is 10.1. The third-order valence-electron chi connectivity index (χ3n) is 4.05. The van der Waals surface area contributed by atoms with E-state index in [1.54, 1.807) is 18.2 Å². The minimum atomic E-state index is -4.18. The van der Waals surface area contributed by atoms with Crippen LogP contribution in [0.25, 0.3) is 0 Å². The molecule has 3 N–H and O–H groups in total. The number of benzene rings is 2. The van der Waals surface area contributed by atoms with Gasteiger partial charge < -0.3 is 14.5 Å². The first-order chi connectivity index (χ1) is 15.1. The molecule has 0 aliphatic heterocycles. The molecule has 1 atom stereocenters. The van der Waals surface area contributed by atoms with Gasteiger partial charge in [0.05, 0.1) is 15.6 Å². The van der Waals surface area contributed by atoms with Crippen LogP contribution in [0.2, 0.25) is 5.02 Å². The van der Waals surface area contributed by atoms with Gasteiger partial charge in [-0.3, -0.25) is 14.9 Å². The number of esters is 1. The van der Waals surface area contributed by atoms with Gasteiger partial charge in [-0.15, -0.1) is 0 Å². The molecule has 1 aromatic heterocycles. The van der Waals surface area contributed by atoms with Crippen molar-refractivity contribution in [2.75, 3.05) is 5.32 Å². The lowest BCUT2D eigenvalue weighted by molar-refractivity contribution is -0.384. The standard InChI is InChI=1S/C19H14ClN3O8S/c20-13-10-12(23(26)27)6-7-14(13)22-18(24)17(11-4-2-1-3-5-11)31-19(25)15-8-9-16(30-15)32(21,28)29/h1-10,17H,(H,22,24)(H2,21,28,29). The second-order valence-corrected chi connectivity index (χ2v) is 8.17. The fourth-order valence-electron chi connectivity index (χ4n) is 2.57. The number of nitrogens with two attached hydrogens (primary N) is 1. The quantitative estimate of drug-likeness (QED) is 0.295. The largest absolute Gasteiger partial charge is 0.441 e. The van der Waals surface area contributed by atoms with Gasteiger partial charge in [0, 0.05) is 17.7 Å². The molecule has 13 heteroatoms. The summed E-state index contributed by atoms with van der Waals surface area (Å²) in [6.07, 6.45) is -1.49. The zero-order valence-electron chi connectivity index (χ0n) is 15.9. The molecule has 0 saturated heterocycles. The van der Waals surface area contributed by atoms with Gasteiger partial charge in [-0.05, 0) is 18.2 Å². The van der Waals surface area contributed by atoms with Crippen molar-refractivity contribution in [1.82, 2.24) is 0 Å². The van der Waals surface area contributed by atoms with E-state index in [9.17, 15) is 28.1 Å². The number of amides is 1. The predicted molar refractivity (Wildman–Crippen MR) is 111 cm³/mol. The van der Waals surface area contributed by atoms with Gasteiger partial charge in [-0.1, -0.05) is 41.9 Å². The maximum absolute atomic E-state index is 12.9. The van der Waals surface area contributed by atoms with Crippen molar-refractivity contribution in [2.24, 2.45) is 5.14 Å². The normalized spacial score (nSPS) is 12.1. The monoisotopic (exact) mass is 479 g/mol. The Kier molecular flexibility index (Phi) is 6.58. The van der Waals surface area contributed by atoms with Crippen molar-refractivity contribution in [3.63, 3.8) is 0 Å². The van der Waals surface area contributed by atoms with Crippen molar-refractivity contribution in [1.29, 1.82) is 0 Å². The molecule has 11 nitrogen and oxygen atoms in total. The van der Waals surface area contributed by atoms with Crippen LogP contribution >= 0.6 is 11.6 Å². The van der Waals surface area contributed by atoms with Gasteiger partial charge in [0.15, 0.2) is 0 Å². The average molecular weight is 480 g/mol. The molecule has 3 aromatic rings. The minimum absolute atomic E-state index is 0.0498. The summed E-state index contributed by atoms with van der Waals surface area (Å²) >= 11 is 6.00. The molecule has 166 valence electrons. The first-order valence-electron chi connectivity index (χ1n) is 8.69. The molecule has 0 bridgehead atoms. The highest BCUT2D eigenvalue weighted by molar-refractivity contribution is 7.89. The van der Waals surface area contributed by atoms with Crippen LogP contribution in [0.1, 0.15) is 22.2 Å². The van der Waals surface area contributed by atoms with Gasteiger partial charge in [-0.25, -0.2) is 18.4 Å². The molecule has 0 fully saturated rings. The summed E-state index contributed by atoms with van der Waals surface area (Å²) in [5.74, 6) is -2.44. The Morgan fingerprint density at radius 1 is 1.12 bits per heavy atom. The number of furan rings is 1. The van der Waals surface area contributed by atoms with Crippen LogP contribution in [0.3, 0.4) is 0 Å². The Bertz CT molecular complexity index is 1290. The summed E-state index contributed by atoms with van der Waals surface area (Å²) in [6.45, 7) is 0. The van der Waals surface area contributed by atoms with Crippen molar-refractivity contribution in [2.45, 2.75) is 11.2 Å². The summed E-state index contributed by atoms with van der Waals surface area (Å²) in [5.41, 5.74) is 0.0610. The lowest BCUT2D eigenvalue weighted by Gasteiger charge is -2.18. The summed E-state index contributed by atoms with van der Waals surface area (Å²) in [6, 6.07) is 13.4. The molecule has 0 aliphatic rings. The average Bonchev–Trinajstić information content (AvgIpc) is 3.25. The van der Waals surface area contributed by atoms with Crippen LogP contribution in [0.4, 0.5) is 11.4 Å². The van der Waals surface area contributed by atoms with Crippen molar-refractivity contribution >= 4 is 44.9 Å². The zero-order chi connectivity index (χ0) is 23.5. The van der Waals surface area contributed by atoms with E-state index in [0.29, 0.717) is 0 Å². The fraction of sp³-hybridized carbons (Fsp3) is 0.0526. The fourth-order valence-corrected chi connectivity index (χ4v) is 3.25. The van der Waals surface area contributed by atoms with Gasteiger partial charge in [0.1, 0.15) is 0 Å². The first-order valence-corrected chi connectivity index (χ1v) is 10.6. The third kappa shape index (κ3) is 5.29. The van der Waals surface area contributed by atoms with Crippen LogP contribution in [-0.2, 0) is 19.6 Å². The third-order valence-corrected chi connectivity index (χ3v) is 5.14. The number of non-ortho nitro benzene ring substituents is 1. The molecule has 0 radical (unpaired) electrons.